The van der Waals surface area contributed by atoms with Gasteiger partial charge in [-0.3, -0.25) is 9.59 Å². The molecule has 0 bridgehead atoms. The molecule has 0 atom stereocenters. The number of para-hydroxylation sites is 1. The van der Waals surface area contributed by atoms with Crippen LogP contribution in [0.5, 0.6) is 0 Å². The topological polar surface area (TPSA) is 110 Å². The van der Waals surface area contributed by atoms with Gasteiger partial charge in [-0.25, -0.2) is 4.68 Å². The Balaban J connectivity index is 1.34. The van der Waals surface area contributed by atoms with E-state index in [4.69, 9.17) is 9.84 Å². The number of anilines is 2. The highest BCUT2D eigenvalue weighted by atomic mass is 16.5. The Morgan fingerprint density at radius 2 is 1.78 bits per heavy atom. The number of amides is 1. The first kappa shape index (κ1) is 26.0. The summed E-state index contributed by atoms with van der Waals surface area (Å²) in [7, 11) is 0. The number of esters is 1. The molecule has 4 aromatic rings. The lowest BCUT2D eigenvalue weighted by Crippen LogP contribution is -2.23. The minimum Gasteiger partial charge on any atom is -0.454 e. The van der Waals surface area contributed by atoms with Gasteiger partial charge in [-0.05, 0) is 75.4 Å². The van der Waals surface area contributed by atoms with E-state index < -0.39 is 11.9 Å². The minimum absolute atomic E-state index is 0.0366. The number of carbonyl (C=O) groups is 2. The normalized spacial score (nSPS) is 11.0. The van der Waals surface area contributed by atoms with E-state index in [-0.39, 0.29) is 19.8 Å². The number of benzene rings is 2. The Hall–Kier alpha value is -4.11. The number of aromatic nitrogens is 3. The number of aryl methyl sites for hydroxylation is 2. The van der Waals surface area contributed by atoms with Crippen LogP contribution in [0.15, 0.2) is 54.6 Å². The smallest absolute Gasteiger partial charge is 0.326 e. The number of unbranched alkanes of at least 4 members (excludes halogenated alkanes) is 1. The van der Waals surface area contributed by atoms with Crippen molar-refractivity contribution < 1.29 is 19.4 Å². The third kappa shape index (κ3) is 6.18. The molecule has 0 aliphatic heterocycles. The van der Waals surface area contributed by atoms with Crippen molar-refractivity contribution in [1.29, 1.82) is 0 Å². The van der Waals surface area contributed by atoms with Crippen molar-refractivity contribution in [3.8, 4) is 5.69 Å². The van der Waals surface area contributed by atoms with E-state index >= 15 is 0 Å². The summed E-state index contributed by atoms with van der Waals surface area (Å²) in [4.78, 5) is 25.0. The zero-order valence-corrected chi connectivity index (χ0v) is 21.5. The van der Waals surface area contributed by atoms with Crippen LogP contribution in [0.25, 0.3) is 16.6 Å². The molecule has 1 amide bonds. The fourth-order valence-electron chi connectivity index (χ4n) is 4.32. The molecule has 3 N–H and O–H groups in total. The van der Waals surface area contributed by atoms with Crippen LogP contribution in [0.3, 0.4) is 0 Å². The Bertz CT molecular complexity index is 1390. The largest absolute Gasteiger partial charge is 0.454 e. The fraction of sp³-hybridized carbons (Fsp3) is 0.321. The highest BCUT2D eigenvalue weighted by Crippen LogP contribution is 2.24. The number of aliphatic hydroxyl groups excluding tert-OH is 1. The molecule has 194 valence electrons. The molecule has 0 aliphatic rings. The summed E-state index contributed by atoms with van der Waals surface area (Å²) in [6, 6.07) is 17.7. The number of rotatable bonds is 11. The number of nitrogens with one attached hydrogen (secondary N) is 2. The van der Waals surface area contributed by atoms with Crippen LogP contribution in [0.4, 0.5) is 11.4 Å². The summed E-state index contributed by atoms with van der Waals surface area (Å²) >= 11 is 0. The van der Waals surface area contributed by atoms with E-state index in [0.29, 0.717) is 11.4 Å². The van der Waals surface area contributed by atoms with Gasteiger partial charge in [0.05, 0.1) is 22.8 Å². The average molecular weight is 504 g/mol. The summed E-state index contributed by atoms with van der Waals surface area (Å²) in [5.41, 5.74) is 5.79. The van der Waals surface area contributed by atoms with Crippen LogP contribution in [0, 0.1) is 20.8 Å². The third-order valence-electron chi connectivity index (χ3n) is 6.25. The second-order valence-electron chi connectivity index (χ2n) is 9.00. The first-order chi connectivity index (χ1) is 17.9. The van der Waals surface area contributed by atoms with Gasteiger partial charge in [-0.2, -0.15) is 5.10 Å². The Morgan fingerprint density at radius 3 is 2.54 bits per heavy atom. The third-order valence-corrected chi connectivity index (χ3v) is 6.25. The van der Waals surface area contributed by atoms with Gasteiger partial charge in [0.25, 0.3) is 5.91 Å². The molecule has 0 unspecified atom stereocenters. The maximum atomic E-state index is 12.6. The Morgan fingerprint density at radius 1 is 1.03 bits per heavy atom. The fourth-order valence-corrected chi connectivity index (χ4v) is 4.32. The number of nitrogens with zero attached hydrogens (tertiary/aromatic N) is 3. The van der Waals surface area contributed by atoms with Gasteiger partial charge in [0.2, 0.25) is 0 Å². The molecule has 0 aliphatic carbocycles. The number of fused-ring (bicyclic) bond motifs is 1. The quantitative estimate of drug-likeness (QED) is 0.210. The molecule has 2 heterocycles. The summed E-state index contributed by atoms with van der Waals surface area (Å²) < 4.78 is 8.91. The lowest BCUT2D eigenvalue weighted by Gasteiger charge is -2.10. The predicted octanol–water partition coefficient (Wildman–Crippen LogP) is 4.12. The highest BCUT2D eigenvalue weighted by Gasteiger charge is 2.17. The van der Waals surface area contributed by atoms with Gasteiger partial charge < -0.3 is 25.0 Å². The van der Waals surface area contributed by atoms with Crippen LogP contribution in [-0.4, -0.2) is 51.1 Å². The first-order valence-corrected chi connectivity index (χ1v) is 12.4. The van der Waals surface area contributed by atoms with E-state index in [2.05, 4.69) is 15.7 Å². The van der Waals surface area contributed by atoms with E-state index in [9.17, 15) is 9.59 Å². The first-order valence-electron chi connectivity index (χ1n) is 12.4. The summed E-state index contributed by atoms with van der Waals surface area (Å²) in [5, 5.41) is 20.7. The van der Waals surface area contributed by atoms with Gasteiger partial charge in [0.15, 0.2) is 6.61 Å². The standard InChI is InChI=1S/C28H33N5O4/c1-19-16-22-8-4-5-9-25(22)32(19)17-27(36)37-18-26(35)30-28-20(2)31-33(21(28)3)24-12-10-23(11-13-24)29-14-6-7-15-34/h4-5,8-13,16,29,34H,6-7,14-15,17-18H2,1-3H3,(H,30,35). The number of ether oxygens (including phenoxy) is 1. The molecule has 0 fully saturated rings. The van der Waals surface area contributed by atoms with Crippen LogP contribution >= 0.6 is 0 Å². The predicted molar refractivity (Wildman–Crippen MR) is 144 cm³/mol. The lowest BCUT2D eigenvalue weighted by molar-refractivity contribution is -0.147. The zero-order chi connectivity index (χ0) is 26.4. The van der Waals surface area contributed by atoms with Crippen molar-refractivity contribution in [2.45, 2.75) is 40.2 Å². The highest BCUT2D eigenvalue weighted by molar-refractivity contribution is 5.94. The van der Waals surface area contributed by atoms with Crippen LogP contribution in [0.1, 0.15) is 29.9 Å². The van der Waals surface area contributed by atoms with Crippen LogP contribution in [0.2, 0.25) is 0 Å². The van der Waals surface area contributed by atoms with E-state index in [1.165, 1.54) is 0 Å². The maximum Gasteiger partial charge on any atom is 0.326 e. The van der Waals surface area contributed by atoms with Crippen molar-refractivity contribution in [3.05, 3.63) is 71.7 Å². The van der Waals surface area contributed by atoms with E-state index in [1.807, 2.05) is 79.9 Å². The number of aliphatic hydroxyl groups is 1. The van der Waals surface area contributed by atoms with Gasteiger partial charge in [-0.1, -0.05) is 18.2 Å². The minimum atomic E-state index is -0.478. The molecular weight excluding hydrogens is 470 g/mol. The number of carbonyl (C=O) groups excluding carboxylic acids is 2. The van der Waals surface area contributed by atoms with Gasteiger partial charge in [0, 0.05) is 30.0 Å². The second kappa shape index (κ2) is 11.7. The molecule has 9 nitrogen and oxygen atoms in total. The van der Waals surface area contributed by atoms with Crippen LogP contribution in [-0.2, 0) is 20.9 Å². The lowest BCUT2D eigenvalue weighted by atomic mass is 10.2. The molecule has 0 saturated carbocycles. The molecule has 9 heteroatoms. The van der Waals surface area contributed by atoms with E-state index in [0.717, 1.165) is 53.1 Å². The van der Waals surface area contributed by atoms with Crippen molar-refractivity contribution in [2.75, 3.05) is 30.4 Å². The molecule has 4 rings (SSSR count). The Labute approximate surface area is 216 Å². The van der Waals surface area contributed by atoms with E-state index in [1.54, 1.807) is 4.68 Å². The molecule has 2 aromatic carbocycles. The van der Waals surface area contributed by atoms with Crippen molar-refractivity contribution >= 4 is 34.2 Å². The zero-order valence-electron chi connectivity index (χ0n) is 21.5. The maximum absolute atomic E-state index is 12.6. The molecule has 37 heavy (non-hydrogen) atoms. The monoisotopic (exact) mass is 503 g/mol. The van der Waals surface area contributed by atoms with Crippen molar-refractivity contribution in [3.63, 3.8) is 0 Å². The summed E-state index contributed by atoms with van der Waals surface area (Å²) in [6.45, 7) is 6.29. The van der Waals surface area contributed by atoms with Crippen LogP contribution < -0.4 is 10.6 Å². The Kier molecular flexibility index (Phi) is 8.25. The molecule has 0 saturated heterocycles. The SMILES string of the molecule is Cc1nn(-c2ccc(NCCCCO)cc2)c(C)c1NC(=O)COC(=O)Cn1c(C)cc2ccccc21. The number of hydrogen-bond donors (Lipinski definition) is 3. The molecule has 2 aromatic heterocycles. The molecule has 0 radical (unpaired) electrons. The summed E-state index contributed by atoms with van der Waals surface area (Å²) in [6.07, 6.45) is 1.67. The van der Waals surface area contributed by atoms with Crippen molar-refractivity contribution in [2.24, 2.45) is 0 Å². The summed E-state index contributed by atoms with van der Waals surface area (Å²) in [5.74, 6) is -0.899. The molecular formula is C28H33N5O4. The van der Waals surface area contributed by atoms with Gasteiger partial charge >= 0.3 is 5.97 Å². The second-order valence-corrected chi connectivity index (χ2v) is 9.00. The van der Waals surface area contributed by atoms with Crippen molar-refractivity contribution in [1.82, 2.24) is 14.3 Å². The molecule has 0 spiro atoms. The van der Waals surface area contributed by atoms with Gasteiger partial charge in [-0.15, -0.1) is 0 Å². The number of hydrogen-bond acceptors (Lipinski definition) is 6. The van der Waals surface area contributed by atoms with Gasteiger partial charge in [0.1, 0.15) is 6.54 Å². The average Bonchev–Trinajstić information content (AvgIpc) is 3.36.